The molecule has 2 aliphatic rings. The summed E-state index contributed by atoms with van der Waals surface area (Å²) >= 11 is 0. The molecule has 4 nitrogen and oxygen atoms in total. The maximum Gasteiger partial charge on any atom is 0.0583 e. The van der Waals surface area contributed by atoms with Gasteiger partial charge in [0.2, 0.25) is 0 Å². The summed E-state index contributed by atoms with van der Waals surface area (Å²) in [6, 6.07) is 12.0. The predicted molar refractivity (Wildman–Crippen MR) is 84.4 cm³/mol. The summed E-state index contributed by atoms with van der Waals surface area (Å²) in [6.45, 7) is 6.80. The molecule has 2 atom stereocenters. The van der Waals surface area contributed by atoms with Crippen LogP contribution in [0.15, 0.2) is 30.3 Å². The summed E-state index contributed by atoms with van der Waals surface area (Å²) in [6.07, 6.45) is 0. The molecular formula is C16H26N4. The number of anilines is 1. The van der Waals surface area contributed by atoms with Crippen molar-refractivity contribution in [3.63, 3.8) is 0 Å². The van der Waals surface area contributed by atoms with Crippen LogP contribution >= 0.6 is 0 Å². The van der Waals surface area contributed by atoms with Crippen LogP contribution in [0, 0.1) is 0 Å². The smallest absolute Gasteiger partial charge is 0.0583 e. The molecule has 0 saturated carbocycles. The molecule has 0 spiro atoms. The minimum absolute atomic E-state index is 0.553. The lowest BCUT2D eigenvalue weighted by molar-refractivity contribution is 0.174. The zero-order valence-electron chi connectivity index (χ0n) is 12.6. The standard InChI is InChI=1S/C16H26N4/c1-18-9-8-17-15(12-18)16-13-19(2)10-11-20(16)14-6-4-3-5-7-14/h3-7,15-17H,8-13H2,1-2H3. The third-order valence-corrected chi connectivity index (χ3v) is 4.58. The Labute approximate surface area is 122 Å². The number of benzene rings is 1. The van der Waals surface area contributed by atoms with Gasteiger partial charge in [0.05, 0.1) is 6.04 Å². The topological polar surface area (TPSA) is 21.8 Å². The molecule has 3 rings (SSSR count). The minimum Gasteiger partial charge on any atom is -0.364 e. The van der Waals surface area contributed by atoms with Crippen LogP contribution < -0.4 is 10.2 Å². The second kappa shape index (κ2) is 6.12. The SMILES string of the molecule is CN1CCNC(C2CN(C)CCN2c2ccccc2)C1. The zero-order chi connectivity index (χ0) is 13.9. The molecule has 2 fully saturated rings. The van der Waals surface area contributed by atoms with Gasteiger partial charge < -0.3 is 20.0 Å². The van der Waals surface area contributed by atoms with E-state index >= 15 is 0 Å². The minimum atomic E-state index is 0.553. The summed E-state index contributed by atoms with van der Waals surface area (Å²) in [5.74, 6) is 0. The van der Waals surface area contributed by atoms with Crippen molar-refractivity contribution in [3.05, 3.63) is 30.3 Å². The Bertz CT molecular complexity index is 422. The predicted octanol–water partition coefficient (Wildman–Crippen LogP) is 0.711. The summed E-state index contributed by atoms with van der Waals surface area (Å²) in [5.41, 5.74) is 1.36. The van der Waals surface area contributed by atoms with Crippen LogP contribution in [0.3, 0.4) is 0 Å². The third kappa shape index (κ3) is 2.97. The molecule has 0 aromatic heterocycles. The van der Waals surface area contributed by atoms with E-state index in [1.54, 1.807) is 0 Å². The largest absolute Gasteiger partial charge is 0.364 e. The van der Waals surface area contributed by atoms with Crippen molar-refractivity contribution in [2.45, 2.75) is 12.1 Å². The van der Waals surface area contributed by atoms with E-state index in [9.17, 15) is 0 Å². The molecule has 20 heavy (non-hydrogen) atoms. The van der Waals surface area contributed by atoms with E-state index in [1.165, 1.54) is 5.69 Å². The van der Waals surface area contributed by atoms with Gasteiger partial charge in [0, 0.05) is 51.0 Å². The fraction of sp³-hybridized carbons (Fsp3) is 0.625. The van der Waals surface area contributed by atoms with Crippen LogP contribution in [0.1, 0.15) is 0 Å². The van der Waals surface area contributed by atoms with Crippen molar-refractivity contribution >= 4 is 5.69 Å². The van der Waals surface area contributed by atoms with Gasteiger partial charge >= 0.3 is 0 Å². The maximum absolute atomic E-state index is 3.73. The number of nitrogens with zero attached hydrogens (tertiary/aromatic N) is 3. The number of rotatable bonds is 2. The lowest BCUT2D eigenvalue weighted by Gasteiger charge is -2.47. The van der Waals surface area contributed by atoms with Gasteiger partial charge in [-0.2, -0.15) is 0 Å². The normalized spacial score (nSPS) is 29.6. The van der Waals surface area contributed by atoms with E-state index in [4.69, 9.17) is 0 Å². The monoisotopic (exact) mass is 274 g/mol. The molecule has 2 saturated heterocycles. The van der Waals surface area contributed by atoms with E-state index in [-0.39, 0.29) is 0 Å². The molecule has 0 bridgehead atoms. The number of hydrogen-bond acceptors (Lipinski definition) is 4. The number of piperazine rings is 2. The Kier molecular flexibility index (Phi) is 4.24. The van der Waals surface area contributed by atoms with Gasteiger partial charge in [-0.1, -0.05) is 18.2 Å². The van der Waals surface area contributed by atoms with Crippen LogP contribution in [-0.4, -0.2) is 75.2 Å². The Morgan fingerprint density at radius 1 is 0.950 bits per heavy atom. The highest BCUT2D eigenvalue weighted by atomic mass is 15.3. The molecule has 1 aromatic carbocycles. The number of nitrogens with one attached hydrogen (secondary N) is 1. The van der Waals surface area contributed by atoms with Gasteiger partial charge in [0.1, 0.15) is 0 Å². The van der Waals surface area contributed by atoms with Crippen LogP contribution in [0.5, 0.6) is 0 Å². The Balaban J connectivity index is 1.80. The second-order valence-electron chi connectivity index (χ2n) is 6.18. The molecular weight excluding hydrogens is 248 g/mol. The molecule has 1 aromatic rings. The highest BCUT2D eigenvalue weighted by Crippen LogP contribution is 2.22. The average molecular weight is 274 g/mol. The highest BCUT2D eigenvalue weighted by molar-refractivity contribution is 5.48. The molecule has 110 valence electrons. The van der Waals surface area contributed by atoms with Crippen molar-refractivity contribution in [2.24, 2.45) is 0 Å². The first kappa shape index (κ1) is 13.9. The van der Waals surface area contributed by atoms with Crippen molar-refractivity contribution in [3.8, 4) is 0 Å². The van der Waals surface area contributed by atoms with Crippen LogP contribution in [0.2, 0.25) is 0 Å². The molecule has 0 aliphatic carbocycles. The fourth-order valence-corrected chi connectivity index (χ4v) is 3.43. The van der Waals surface area contributed by atoms with Crippen molar-refractivity contribution in [1.82, 2.24) is 15.1 Å². The molecule has 0 radical (unpaired) electrons. The van der Waals surface area contributed by atoms with Crippen molar-refractivity contribution < 1.29 is 0 Å². The van der Waals surface area contributed by atoms with Gasteiger partial charge in [-0.15, -0.1) is 0 Å². The summed E-state index contributed by atoms with van der Waals surface area (Å²) in [4.78, 5) is 7.50. The van der Waals surface area contributed by atoms with E-state index < -0.39 is 0 Å². The van der Waals surface area contributed by atoms with Gasteiger partial charge in [-0.25, -0.2) is 0 Å². The summed E-state index contributed by atoms with van der Waals surface area (Å²) in [7, 11) is 4.47. The third-order valence-electron chi connectivity index (χ3n) is 4.58. The van der Waals surface area contributed by atoms with Crippen LogP contribution in [0.25, 0.3) is 0 Å². The fourth-order valence-electron chi connectivity index (χ4n) is 3.43. The van der Waals surface area contributed by atoms with Gasteiger partial charge in [-0.3, -0.25) is 0 Å². The van der Waals surface area contributed by atoms with Crippen LogP contribution in [-0.2, 0) is 0 Å². The van der Waals surface area contributed by atoms with Crippen molar-refractivity contribution in [1.29, 1.82) is 0 Å². The first-order chi connectivity index (χ1) is 9.74. The van der Waals surface area contributed by atoms with E-state index in [0.717, 1.165) is 39.3 Å². The number of para-hydroxylation sites is 1. The first-order valence-electron chi connectivity index (χ1n) is 7.66. The Morgan fingerprint density at radius 3 is 2.45 bits per heavy atom. The zero-order valence-corrected chi connectivity index (χ0v) is 12.6. The molecule has 1 N–H and O–H groups in total. The van der Waals surface area contributed by atoms with Crippen molar-refractivity contribution in [2.75, 3.05) is 58.3 Å². The van der Waals surface area contributed by atoms with Gasteiger partial charge in [0.25, 0.3) is 0 Å². The molecule has 0 amide bonds. The highest BCUT2D eigenvalue weighted by Gasteiger charge is 2.33. The number of likely N-dealkylation sites (N-methyl/N-ethyl adjacent to an activating group) is 2. The Morgan fingerprint density at radius 2 is 1.70 bits per heavy atom. The van der Waals surface area contributed by atoms with E-state index in [1.807, 2.05) is 0 Å². The summed E-state index contributed by atoms with van der Waals surface area (Å²) < 4.78 is 0. The first-order valence-corrected chi connectivity index (χ1v) is 7.66. The average Bonchev–Trinajstić information content (AvgIpc) is 2.48. The molecule has 4 heteroatoms. The Hall–Kier alpha value is -1.10. The summed E-state index contributed by atoms with van der Waals surface area (Å²) in [5, 5.41) is 3.73. The van der Waals surface area contributed by atoms with E-state index in [2.05, 4.69) is 64.4 Å². The van der Waals surface area contributed by atoms with Crippen LogP contribution in [0.4, 0.5) is 5.69 Å². The number of hydrogen-bond donors (Lipinski definition) is 1. The second-order valence-corrected chi connectivity index (χ2v) is 6.18. The molecule has 2 unspecified atom stereocenters. The van der Waals surface area contributed by atoms with Gasteiger partial charge in [-0.05, 0) is 26.2 Å². The quantitative estimate of drug-likeness (QED) is 0.857. The molecule has 2 heterocycles. The lowest BCUT2D eigenvalue weighted by Crippen LogP contribution is -2.65. The van der Waals surface area contributed by atoms with Gasteiger partial charge in [0.15, 0.2) is 0 Å². The lowest BCUT2D eigenvalue weighted by atomic mass is 10.00. The van der Waals surface area contributed by atoms with E-state index in [0.29, 0.717) is 12.1 Å². The maximum atomic E-state index is 3.73. The molecule has 2 aliphatic heterocycles.